The van der Waals surface area contributed by atoms with E-state index in [1.165, 1.54) is 28.2 Å². The van der Waals surface area contributed by atoms with Gasteiger partial charge in [-0.3, -0.25) is 14.9 Å². The Balaban J connectivity index is 1.75. The molecule has 0 unspecified atom stereocenters. The number of ether oxygens (including phenoxy) is 2. The Labute approximate surface area is 273 Å². The number of aromatic nitrogens is 1. The van der Waals surface area contributed by atoms with E-state index in [-0.39, 0.29) is 19.0 Å². The monoisotopic (exact) mass is 693 g/mol. The van der Waals surface area contributed by atoms with Crippen LogP contribution in [0.15, 0.2) is 79.0 Å². The average Bonchev–Trinajstić information content (AvgIpc) is 3.02. The number of rotatable bonds is 8. The number of halogens is 6. The highest BCUT2D eigenvalue weighted by atomic mass is 32.2. The molecule has 48 heavy (non-hydrogen) atoms. The Morgan fingerprint density at radius 2 is 1.38 bits per heavy atom. The normalized spacial score (nSPS) is 19.1. The van der Waals surface area contributed by atoms with E-state index in [1.54, 1.807) is 53.1 Å². The quantitative estimate of drug-likeness (QED) is 0.177. The molecule has 2 heterocycles. The van der Waals surface area contributed by atoms with Crippen LogP contribution in [0, 0.1) is 17.5 Å². The van der Waals surface area contributed by atoms with E-state index in [4.69, 9.17) is 9.47 Å². The van der Waals surface area contributed by atoms with Crippen LogP contribution in [0.2, 0.25) is 0 Å². The van der Waals surface area contributed by atoms with Crippen molar-refractivity contribution in [3.8, 4) is 11.5 Å². The number of alkyl halides is 3. The van der Waals surface area contributed by atoms with Crippen LogP contribution >= 0.6 is 0 Å². The van der Waals surface area contributed by atoms with Gasteiger partial charge in [0.2, 0.25) is 0 Å². The van der Waals surface area contributed by atoms with Crippen LogP contribution in [0.3, 0.4) is 0 Å². The topological polar surface area (TPSA) is 83.8 Å². The van der Waals surface area contributed by atoms with Gasteiger partial charge >= 0.3 is 12.1 Å². The van der Waals surface area contributed by atoms with E-state index >= 15 is 8.78 Å². The predicted molar refractivity (Wildman–Crippen MR) is 164 cm³/mol. The first-order chi connectivity index (χ1) is 22.6. The number of benzene rings is 3. The minimum Gasteiger partial charge on any atom is -0.497 e. The lowest BCUT2D eigenvalue weighted by Gasteiger charge is -2.42. The third kappa shape index (κ3) is 6.64. The molecule has 0 saturated carbocycles. The van der Waals surface area contributed by atoms with Gasteiger partial charge in [0.25, 0.3) is 10.0 Å². The zero-order valence-corrected chi connectivity index (χ0v) is 27.0. The van der Waals surface area contributed by atoms with Crippen molar-refractivity contribution in [3.63, 3.8) is 0 Å². The molecule has 2 atom stereocenters. The van der Waals surface area contributed by atoms with Gasteiger partial charge in [0.15, 0.2) is 5.25 Å². The van der Waals surface area contributed by atoms with Gasteiger partial charge in [-0.15, -0.1) is 0 Å². The van der Waals surface area contributed by atoms with E-state index in [9.17, 15) is 26.0 Å². The molecule has 1 saturated heterocycles. The molecule has 15 heteroatoms. The zero-order chi connectivity index (χ0) is 35.0. The summed E-state index contributed by atoms with van der Waals surface area (Å²) in [6, 6.07) is 16.1. The number of sulfonamides is 1. The van der Waals surface area contributed by atoms with Crippen LogP contribution in [-0.2, 0) is 34.8 Å². The van der Waals surface area contributed by atoms with Gasteiger partial charge in [-0.2, -0.15) is 25.9 Å². The van der Waals surface area contributed by atoms with Gasteiger partial charge in [-0.1, -0.05) is 24.3 Å². The van der Waals surface area contributed by atoms with E-state index in [0.29, 0.717) is 47.0 Å². The fraction of sp³-hybridized carbons (Fsp3) is 0.273. The maximum absolute atomic E-state index is 15.6. The fourth-order valence-corrected chi connectivity index (χ4v) is 7.68. The zero-order valence-electron chi connectivity index (χ0n) is 26.1. The third-order valence-corrected chi connectivity index (χ3v) is 10.4. The Morgan fingerprint density at radius 3 is 1.79 bits per heavy atom. The van der Waals surface area contributed by atoms with Crippen molar-refractivity contribution in [3.05, 3.63) is 124 Å². The van der Waals surface area contributed by atoms with E-state index in [0.717, 1.165) is 10.4 Å². The van der Waals surface area contributed by atoms with Crippen LogP contribution < -0.4 is 14.8 Å². The molecular formula is C33H31F6N4O4S+. The smallest absolute Gasteiger partial charge is 0.417 e. The van der Waals surface area contributed by atoms with Crippen molar-refractivity contribution in [2.24, 2.45) is 0 Å². The van der Waals surface area contributed by atoms with Crippen LogP contribution in [0.1, 0.15) is 40.1 Å². The Morgan fingerprint density at radius 1 is 0.875 bits per heavy atom. The van der Waals surface area contributed by atoms with Gasteiger partial charge in [0.05, 0.1) is 51.2 Å². The van der Waals surface area contributed by atoms with Crippen LogP contribution in [0.4, 0.5) is 26.3 Å². The van der Waals surface area contributed by atoms with Crippen LogP contribution in [0.25, 0.3) is 0 Å². The molecule has 1 aliphatic heterocycles. The highest BCUT2D eigenvalue weighted by Crippen LogP contribution is 2.46. The fourth-order valence-electron chi connectivity index (χ4n) is 5.75. The van der Waals surface area contributed by atoms with Gasteiger partial charge in [-0.05, 0) is 54.4 Å². The van der Waals surface area contributed by atoms with Crippen molar-refractivity contribution in [2.75, 3.05) is 21.3 Å². The minimum absolute atomic E-state index is 0.0753. The first-order valence-corrected chi connectivity index (χ1v) is 15.9. The van der Waals surface area contributed by atoms with Crippen molar-refractivity contribution in [2.45, 2.75) is 37.0 Å². The molecule has 1 aliphatic rings. The molecule has 0 bridgehead atoms. The van der Waals surface area contributed by atoms with Gasteiger partial charge < -0.3 is 9.47 Å². The lowest BCUT2D eigenvalue weighted by Crippen LogP contribution is -2.65. The van der Waals surface area contributed by atoms with E-state index < -0.39 is 61.3 Å². The molecule has 1 fully saturated rings. The first kappa shape index (κ1) is 34.5. The Hall–Kier alpha value is -4.79. The summed E-state index contributed by atoms with van der Waals surface area (Å²) in [7, 11) is -0.507. The number of nitrogens with zero attached hydrogens (tertiary/aromatic N) is 3. The molecule has 4 aromatic rings. The summed E-state index contributed by atoms with van der Waals surface area (Å²) in [4.78, 5) is 3.80. The van der Waals surface area contributed by atoms with Crippen molar-refractivity contribution < 1.29 is 48.8 Å². The SMILES string of the molecule is COc1ccc(C[N+](Cc2ccc(OC)cc2)=C2N[C@](C)(c3c(F)cc(F)cc3F)[C@@H](c3ccc(C(F)(F)F)cn3)S(=O)(=O)N2C)cc1. The lowest BCUT2D eigenvalue weighted by molar-refractivity contribution is -0.566. The molecule has 8 nitrogen and oxygen atoms in total. The molecular weight excluding hydrogens is 662 g/mol. The summed E-state index contributed by atoms with van der Waals surface area (Å²) in [5.74, 6) is -3.03. The molecule has 0 spiro atoms. The first-order valence-electron chi connectivity index (χ1n) is 14.4. The molecule has 1 aromatic heterocycles. The van der Waals surface area contributed by atoms with Crippen LogP contribution in [-0.4, -0.2) is 49.5 Å². The molecule has 0 amide bonds. The largest absolute Gasteiger partial charge is 0.497 e. The molecule has 254 valence electrons. The number of pyridine rings is 1. The molecule has 1 N–H and O–H groups in total. The standard InChI is InChI=1S/C33H30F6N4O4S/c1-32(29-26(35)15-23(34)16-27(29)36)30(28-14-9-22(17-40-28)33(37,38)39)48(44,45)42(2)31(41-32)43(18-20-5-10-24(46-3)11-6-20)19-21-7-12-25(47-4)13-8-21/h5-17,30H,18-19H2,1-4H3/p+1/t30-,32-/m1/s1. The summed E-state index contributed by atoms with van der Waals surface area (Å²) < 4.78 is 127. The molecule has 0 radical (unpaired) electrons. The highest BCUT2D eigenvalue weighted by molar-refractivity contribution is 7.90. The minimum atomic E-state index is -4.78. The summed E-state index contributed by atoms with van der Waals surface area (Å²) in [5, 5.41) is 1.03. The number of guanidine groups is 1. The Kier molecular flexibility index (Phi) is 9.37. The number of methoxy groups -OCH3 is 2. The summed E-state index contributed by atoms with van der Waals surface area (Å²) in [6.07, 6.45) is -4.34. The van der Waals surface area contributed by atoms with E-state index in [2.05, 4.69) is 10.3 Å². The molecule has 0 aliphatic carbocycles. The molecule has 5 rings (SSSR count). The highest BCUT2D eigenvalue weighted by Gasteiger charge is 2.60. The second-order valence-electron chi connectivity index (χ2n) is 11.3. The summed E-state index contributed by atoms with van der Waals surface area (Å²) in [6.45, 7) is 1.33. The average molecular weight is 694 g/mol. The number of hydrogen-bond acceptors (Lipinski definition) is 5. The molecule has 3 aromatic carbocycles. The maximum atomic E-state index is 15.6. The van der Waals surface area contributed by atoms with E-state index in [1.807, 2.05) is 0 Å². The van der Waals surface area contributed by atoms with Gasteiger partial charge in [-0.25, -0.2) is 13.2 Å². The van der Waals surface area contributed by atoms with Gasteiger partial charge in [0, 0.05) is 18.3 Å². The predicted octanol–water partition coefficient (Wildman–Crippen LogP) is 6.13. The number of hydrogen-bond donors (Lipinski definition) is 1. The van der Waals surface area contributed by atoms with Crippen molar-refractivity contribution in [1.82, 2.24) is 14.6 Å². The lowest BCUT2D eigenvalue weighted by atomic mass is 9.85. The van der Waals surface area contributed by atoms with Gasteiger partial charge in [0.1, 0.15) is 34.5 Å². The Bertz CT molecular complexity index is 1860. The second-order valence-corrected chi connectivity index (χ2v) is 13.4. The maximum Gasteiger partial charge on any atom is 0.417 e. The third-order valence-electron chi connectivity index (χ3n) is 8.15. The van der Waals surface area contributed by atoms with Crippen molar-refractivity contribution >= 4 is 16.0 Å². The van der Waals surface area contributed by atoms with Crippen LogP contribution in [0.5, 0.6) is 11.5 Å². The number of nitrogens with one attached hydrogen (secondary N) is 1. The van der Waals surface area contributed by atoms with Crippen molar-refractivity contribution in [1.29, 1.82) is 0 Å². The summed E-state index contributed by atoms with van der Waals surface area (Å²) >= 11 is 0. The summed E-state index contributed by atoms with van der Waals surface area (Å²) in [5.41, 5.74) is -3.29. The second kappa shape index (κ2) is 13.0.